The van der Waals surface area contributed by atoms with Gasteiger partial charge in [-0.1, -0.05) is 6.92 Å². The highest BCUT2D eigenvalue weighted by Gasteiger charge is 2.28. The van der Waals surface area contributed by atoms with Crippen molar-refractivity contribution in [3.63, 3.8) is 0 Å². The maximum Gasteiger partial charge on any atom is 0.325 e. The molecule has 1 aromatic heterocycles. The zero-order chi connectivity index (χ0) is 14.1. The van der Waals surface area contributed by atoms with Gasteiger partial charge in [0, 0.05) is 13.6 Å². The van der Waals surface area contributed by atoms with Crippen molar-refractivity contribution in [2.45, 2.75) is 32.2 Å². The fraction of sp³-hybridized carbons (Fsp3) is 0.600. The molecule has 18 heavy (non-hydrogen) atoms. The molecule has 0 amide bonds. The second-order valence-electron chi connectivity index (χ2n) is 3.97. The second kappa shape index (κ2) is 5.07. The minimum absolute atomic E-state index is 0.0908. The van der Waals surface area contributed by atoms with Gasteiger partial charge in [-0.05, 0) is 13.8 Å². The van der Waals surface area contributed by atoms with Gasteiger partial charge in [0.15, 0.2) is 0 Å². The molecular formula is C10H17N3O4S. The highest BCUT2D eigenvalue weighted by molar-refractivity contribution is 7.89. The Morgan fingerprint density at radius 1 is 1.44 bits per heavy atom. The average Bonchev–Trinajstić information content (AvgIpc) is 2.52. The van der Waals surface area contributed by atoms with Gasteiger partial charge in [-0.3, -0.25) is 9.48 Å². The summed E-state index contributed by atoms with van der Waals surface area (Å²) in [6, 6.07) is 0. The Morgan fingerprint density at radius 2 is 2.00 bits per heavy atom. The van der Waals surface area contributed by atoms with Crippen LogP contribution in [0.2, 0.25) is 0 Å². The summed E-state index contributed by atoms with van der Waals surface area (Å²) in [6.45, 7) is 4.83. The zero-order valence-corrected chi connectivity index (χ0v) is 11.7. The molecule has 8 heteroatoms. The minimum atomic E-state index is -3.61. The molecule has 0 unspecified atom stereocenters. The molecule has 102 valence electrons. The molecule has 0 aromatic carbocycles. The SMILES string of the molecule is CCN(C)S(=O)(=O)c1c(C)nn(CC(=O)O)c1C. The normalized spacial score (nSPS) is 12.1. The largest absolute Gasteiger partial charge is 0.480 e. The molecule has 0 saturated carbocycles. The van der Waals surface area contributed by atoms with E-state index in [2.05, 4.69) is 5.10 Å². The van der Waals surface area contributed by atoms with Crippen LogP contribution in [0, 0.1) is 13.8 Å². The molecule has 0 aliphatic carbocycles. The van der Waals surface area contributed by atoms with Crippen molar-refractivity contribution >= 4 is 16.0 Å². The zero-order valence-electron chi connectivity index (χ0n) is 10.8. The third-order valence-corrected chi connectivity index (χ3v) is 4.90. The third-order valence-electron chi connectivity index (χ3n) is 2.71. The maximum absolute atomic E-state index is 12.2. The van der Waals surface area contributed by atoms with Gasteiger partial charge in [0.25, 0.3) is 0 Å². The molecule has 0 aliphatic rings. The van der Waals surface area contributed by atoms with Crippen molar-refractivity contribution < 1.29 is 18.3 Å². The third kappa shape index (κ3) is 2.54. The Hall–Kier alpha value is -1.41. The molecule has 1 N–H and O–H groups in total. The van der Waals surface area contributed by atoms with Crippen LogP contribution < -0.4 is 0 Å². The smallest absolute Gasteiger partial charge is 0.325 e. The van der Waals surface area contributed by atoms with E-state index in [-0.39, 0.29) is 11.4 Å². The van der Waals surface area contributed by atoms with Gasteiger partial charge in [-0.15, -0.1) is 0 Å². The molecule has 0 spiro atoms. The lowest BCUT2D eigenvalue weighted by molar-refractivity contribution is -0.137. The summed E-state index contributed by atoms with van der Waals surface area (Å²) in [4.78, 5) is 10.8. The molecule has 0 bridgehead atoms. The van der Waals surface area contributed by atoms with E-state index >= 15 is 0 Å². The first-order valence-corrected chi connectivity index (χ1v) is 6.88. The van der Waals surface area contributed by atoms with Crippen LogP contribution in [-0.4, -0.2) is 47.2 Å². The van der Waals surface area contributed by atoms with E-state index in [0.29, 0.717) is 17.9 Å². The molecule has 1 heterocycles. The Balaban J connectivity index is 3.35. The van der Waals surface area contributed by atoms with Crippen molar-refractivity contribution in [3.8, 4) is 0 Å². The summed E-state index contributed by atoms with van der Waals surface area (Å²) in [7, 11) is -2.13. The van der Waals surface area contributed by atoms with Crippen molar-refractivity contribution in [1.29, 1.82) is 0 Å². The summed E-state index contributed by atoms with van der Waals surface area (Å²) in [5.74, 6) is -1.06. The Bertz CT molecular complexity index is 562. The van der Waals surface area contributed by atoms with E-state index in [9.17, 15) is 13.2 Å². The molecule has 0 atom stereocenters. The fourth-order valence-corrected chi connectivity index (χ4v) is 3.21. The number of aliphatic carboxylic acids is 1. The van der Waals surface area contributed by atoms with Crippen LogP contribution in [-0.2, 0) is 21.4 Å². The van der Waals surface area contributed by atoms with Gasteiger partial charge in [0.2, 0.25) is 10.0 Å². The lowest BCUT2D eigenvalue weighted by Gasteiger charge is -2.14. The highest BCUT2D eigenvalue weighted by atomic mass is 32.2. The maximum atomic E-state index is 12.2. The Kier molecular flexibility index (Phi) is 4.12. The van der Waals surface area contributed by atoms with Crippen LogP contribution in [0.5, 0.6) is 0 Å². The number of carboxylic acids is 1. The van der Waals surface area contributed by atoms with E-state index in [1.165, 1.54) is 16.0 Å². The standard InChI is InChI=1S/C10H17N3O4S/c1-5-12(4)18(16,17)10-7(2)11-13(8(10)3)6-9(14)15/h5-6H2,1-4H3,(H,14,15). The van der Waals surface area contributed by atoms with Crippen LogP contribution in [0.15, 0.2) is 4.90 Å². The number of hydrogen-bond acceptors (Lipinski definition) is 4. The summed E-state index contributed by atoms with van der Waals surface area (Å²) < 4.78 is 26.9. The van der Waals surface area contributed by atoms with Gasteiger partial charge in [0.1, 0.15) is 11.4 Å². The van der Waals surface area contributed by atoms with Crippen molar-refractivity contribution in [1.82, 2.24) is 14.1 Å². The molecule has 0 saturated heterocycles. The minimum Gasteiger partial charge on any atom is -0.480 e. The molecule has 1 aromatic rings. The first-order valence-electron chi connectivity index (χ1n) is 5.44. The van der Waals surface area contributed by atoms with Crippen LogP contribution in [0.25, 0.3) is 0 Å². The number of carboxylic acid groups (broad SMARTS) is 1. The summed E-state index contributed by atoms with van der Waals surface area (Å²) >= 11 is 0. The van der Waals surface area contributed by atoms with Gasteiger partial charge in [-0.2, -0.15) is 5.10 Å². The van der Waals surface area contributed by atoms with Crippen molar-refractivity contribution in [2.75, 3.05) is 13.6 Å². The first kappa shape index (κ1) is 14.7. The van der Waals surface area contributed by atoms with E-state index < -0.39 is 16.0 Å². The average molecular weight is 275 g/mol. The van der Waals surface area contributed by atoms with Gasteiger partial charge < -0.3 is 5.11 Å². The van der Waals surface area contributed by atoms with Crippen LogP contribution in [0.3, 0.4) is 0 Å². The lowest BCUT2D eigenvalue weighted by Crippen LogP contribution is -2.27. The Morgan fingerprint density at radius 3 is 2.44 bits per heavy atom. The van der Waals surface area contributed by atoms with E-state index in [1.807, 2.05) is 0 Å². The monoisotopic (exact) mass is 275 g/mol. The molecule has 0 aliphatic heterocycles. The van der Waals surface area contributed by atoms with Crippen LogP contribution in [0.4, 0.5) is 0 Å². The first-order chi connectivity index (χ1) is 8.21. The van der Waals surface area contributed by atoms with E-state index in [1.54, 1.807) is 20.8 Å². The Labute approximate surface area is 106 Å². The van der Waals surface area contributed by atoms with Crippen LogP contribution in [0.1, 0.15) is 18.3 Å². The van der Waals surface area contributed by atoms with Gasteiger partial charge in [0.05, 0.1) is 11.4 Å². The second-order valence-corrected chi connectivity index (χ2v) is 5.95. The predicted molar refractivity (Wildman–Crippen MR) is 64.8 cm³/mol. The molecule has 7 nitrogen and oxygen atoms in total. The number of nitrogens with zero attached hydrogens (tertiary/aromatic N) is 3. The predicted octanol–water partition coefficient (Wildman–Crippen LogP) is 0.225. The summed E-state index contributed by atoms with van der Waals surface area (Å²) in [5.41, 5.74) is 0.657. The topological polar surface area (TPSA) is 92.5 Å². The van der Waals surface area contributed by atoms with Crippen molar-refractivity contribution in [2.24, 2.45) is 0 Å². The number of carbonyl (C=O) groups is 1. The van der Waals surface area contributed by atoms with Gasteiger partial charge >= 0.3 is 5.97 Å². The highest BCUT2D eigenvalue weighted by Crippen LogP contribution is 2.22. The number of aromatic nitrogens is 2. The number of aryl methyl sites for hydroxylation is 1. The van der Waals surface area contributed by atoms with Crippen molar-refractivity contribution in [3.05, 3.63) is 11.4 Å². The number of hydrogen-bond donors (Lipinski definition) is 1. The quantitative estimate of drug-likeness (QED) is 0.830. The summed E-state index contributed by atoms with van der Waals surface area (Å²) in [5, 5.41) is 12.7. The van der Waals surface area contributed by atoms with E-state index in [4.69, 9.17) is 5.11 Å². The van der Waals surface area contributed by atoms with Gasteiger partial charge in [-0.25, -0.2) is 12.7 Å². The fourth-order valence-electron chi connectivity index (χ4n) is 1.66. The molecule has 0 radical (unpaired) electrons. The van der Waals surface area contributed by atoms with E-state index in [0.717, 1.165) is 0 Å². The molecule has 1 rings (SSSR count). The summed E-state index contributed by atoms with van der Waals surface area (Å²) in [6.07, 6.45) is 0. The number of sulfonamides is 1. The lowest BCUT2D eigenvalue weighted by atomic mass is 10.4. The molecule has 0 fully saturated rings. The van der Waals surface area contributed by atoms with Crippen LogP contribution >= 0.6 is 0 Å². The molecular weight excluding hydrogens is 258 g/mol. The number of rotatable bonds is 5.